The Labute approximate surface area is 81.5 Å². The van der Waals surface area contributed by atoms with E-state index in [2.05, 4.69) is 11.8 Å². The molecule has 2 N–H and O–H groups in total. The molecule has 2 nitrogen and oxygen atoms in total. The molecule has 0 aromatic carbocycles. The molecule has 1 aliphatic heterocycles. The van der Waals surface area contributed by atoms with Crippen LogP contribution in [0.4, 0.5) is 0 Å². The second-order valence-electron chi connectivity index (χ2n) is 4.59. The molecule has 1 saturated heterocycles. The highest BCUT2D eigenvalue weighted by Crippen LogP contribution is 2.36. The Balaban J connectivity index is 2.04. The van der Waals surface area contributed by atoms with Crippen LogP contribution in [-0.2, 0) is 0 Å². The fourth-order valence-electron chi connectivity index (χ4n) is 3.23. The van der Waals surface area contributed by atoms with Gasteiger partial charge in [0.15, 0.2) is 0 Å². The largest absolute Gasteiger partial charge is 0.316 e. The highest BCUT2D eigenvalue weighted by Gasteiger charge is 2.35. The summed E-state index contributed by atoms with van der Waals surface area (Å²) in [6.45, 7) is 3.39. The van der Waals surface area contributed by atoms with Crippen LogP contribution in [-0.4, -0.2) is 23.7 Å². The van der Waals surface area contributed by atoms with Crippen molar-refractivity contribution in [3.05, 3.63) is 0 Å². The fraction of sp³-hybridized carbons (Fsp3) is 1.00. The van der Waals surface area contributed by atoms with E-state index in [1.54, 1.807) is 0 Å². The van der Waals surface area contributed by atoms with Gasteiger partial charge in [0.25, 0.3) is 0 Å². The van der Waals surface area contributed by atoms with E-state index in [9.17, 15) is 0 Å². The molecular formula is C11H22N2. The molecule has 0 spiro atoms. The van der Waals surface area contributed by atoms with Gasteiger partial charge in [-0.25, -0.2) is 0 Å². The van der Waals surface area contributed by atoms with Crippen molar-refractivity contribution in [3.8, 4) is 0 Å². The molecule has 1 heterocycles. The van der Waals surface area contributed by atoms with Crippen molar-refractivity contribution in [3.63, 3.8) is 0 Å². The minimum Gasteiger partial charge on any atom is -0.316 e. The van der Waals surface area contributed by atoms with E-state index in [0.717, 1.165) is 18.5 Å². The highest BCUT2D eigenvalue weighted by atomic mass is 15.3. The van der Waals surface area contributed by atoms with E-state index >= 15 is 0 Å². The van der Waals surface area contributed by atoms with Gasteiger partial charge in [-0.2, -0.15) is 0 Å². The van der Waals surface area contributed by atoms with Crippen molar-refractivity contribution >= 4 is 0 Å². The summed E-state index contributed by atoms with van der Waals surface area (Å²) < 4.78 is 0. The maximum Gasteiger partial charge on any atom is 0.0574 e. The average molecular weight is 182 g/mol. The first-order chi connectivity index (χ1) is 6.33. The smallest absolute Gasteiger partial charge is 0.0574 e. The number of hydrogen-bond acceptors (Lipinski definition) is 2. The second-order valence-corrected chi connectivity index (χ2v) is 4.59. The topological polar surface area (TPSA) is 29.3 Å². The van der Waals surface area contributed by atoms with E-state index in [1.807, 2.05) is 0 Å². The van der Waals surface area contributed by atoms with Gasteiger partial charge in [0, 0.05) is 6.04 Å². The Bertz CT molecular complexity index is 169. The van der Waals surface area contributed by atoms with Crippen LogP contribution in [0.2, 0.25) is 0 Å². The SMILES string of the molecule is CCN1C(N)CCC2CCCCC21. The molecule has 3 atom stereocenters. The molecule has 0 aromatic rings. The van der Waals surface area contributed by atoms with Gasteiger partial charge in [-0.15, -0.1) is 0 Å². The first-order valence-electron chi connectivity index (χ1n) is 5.84. The Morgan fingerprint density at radius 1 is 1.15 bits per heavy atom. The van der Waals surface area contributed by atoms with E-state index in [4.69, 9.17) is 5.73 Å². The zero-order valence-electron chi connectivity index (χ0n) is 8.71. The third-order valence-corrected chi connectivity index (χ3v) is 3.92. The second kappa shape index (κ2) is 3.97. The molecule has 2 fully saturated rings. The minimum atomic E-state index is 0.351. The Hall–Kier alpha value is -0.0800. The number of fused-ring (bicyclic) bond motifs is 1. The number of nitrogens with two attached hydrogens (primary N) is 1. The van der Waals surface area contributed by atoms with E-state index in [1.165, 1.54) is 38.5 Å². The molecule has 2 rings (SSSR count). The van der Waals surface area contributed by atoms with E-state index in [-0.39, 0.29) is 0 Å². The van der Waals surface area contributed by atoms with Crippen LogP contribution in [0.15, 0.2) is 0 Å². The zero-order chi connectivity index (χ0) is 9.26. The van der Waals surface area contributed by atoms with Gasteiger partial charge in [-0.1, -0.05) is 19.8 Å². The molecule has 2 aliphatic rings. The zero-order valence-corrected chi connectivity index (χ0v) is 8.71. The van der Waals surface area contributed by atoms with Crippen molar-refractivity contribution in [1.29, 1.82) is 0 Å². The maximum atomic E-state index is 6.12. The van der Waals surface area contributed by atoms with E-state index in [0.29, 0.717) is 6.17 Å². The summed E-state index contributed by atoms with van der Waals surface area (Å²) in [6.07, 6.45) is 8.67. The Morgan fingerprint density at radius 3 is 2.69 bits per heavy atom. The van der Waals surface area contributed by atoms with Crippen molar-refractivity contribution < 1.29 is 0 Å². The lowest BCUT2D eigenvalue weighted by Crippen LogP contribution is -2.55. The first-order valence-corrected chi connectivity index (χ1v) is 5.84. The van der Waals surface area contributed by atoms with Crippen molar-refractivity contribution in [2.24, 2.45) is 11.7 Å². The normalized spacial score (nSPS) is 41.5. The summed E-state index contributed by atoms with van der Waals surface area (Å²) in [4.78, 5) is 2.54. The Kier molecular flexibility index (Phi) is 2.89. The molecule has 0 aromatic heterocycles. The lowest BCUT2D eigenvalue weighted by Gasteiger charge is -2.47. The number of nitrogens with zero attached hydrogens (tertiary/aromatic N) is 1. The van der Waals surface area contributed by atoms with Crippen LogP contribution >= 0.6 is 0 Å². The predicted molar refractivity (Wildman–Crippen MR) is 55.3 cm³/mol. The monoisotopic (exact) mass is 182 g/mol. The summed E-state index contributed by atoms with van der Waals surface area (Å²) in [5, 5.41) is 0. The lowest BCUT2D eigenvalue weighted by molar-refractivity contribution is 0.0218. The van der Waals surface area contributed by atoms with Crippen LogP contribution < -0.4 is 5.73 Å². The number of piperidine rings is 1. The standard InChI is InChI=1S/C11H22N2/c1-2-13-10-6-4-3-5-9(10)7-8-11(13)12/h9-11H,2-8,12H2,1H3. The van der Waals surface area contributed by atoms with Gasteiger partial charge in [-0.3, -0.25) is 4.90 Å². The quantitative estimate of drug-likeness (QED) is 0.671. The van der Waals surface area contributed by atoms with Gasteiger partial charge < -0.3 is 5.73 Å². The summed E-state index contributed by atoms with van der Waals surface area (Å²) in [5.41, 5.74) is 6.12. The first kappa shape index (κ1) is 9.47. The van der Waals surface area contributed by atoms with Crippen LogP contribution in [0.25, 0.3) is 0 Å². The summed E-state index contributed by atoms with van der Waals surface area (Å²) >= 11 is 0. The van der Waals surface area contributed by atoms with Crippen molar-refractivity contribution in [1.82, 2.24) is 4.90 Å². The number of likely N-dealkylation sites (tertiary alicyclic amines) is 1. The molecule has 13 heavy (non-hydrogen) atoms. The summed E-state index contributed by atoms with van der Waals surface area (Å²) in [7, 11) is 0. The maximum absolute atomic E-state index is 6.12. The van der Waals surface area contributed by atoms with E-state index < -0.39 is 0 Å². The predicted octanol–water partition coefficient (Wildman–Crippen LogP) is 1.95. The van der Waals surface area contributed by atoms with Crippen LogP contribution in [0.5, 0.6) is 0 Å². The summed E-state index contributed by atoms with van der Waals surface area (Å²) in [5.74, 6) is 0.966. The van der Waals surface area contributed by atoms with Gasteiger partial charge in [0.1, 0.15) is 0 Å². The highest BCUT2D eigenvalue weighted by molar-refractivity contribution is 4.89. The van der Waals surface area contributed by atoms with Gasteiger partial charge >= 0.3 is 0 Å². The average Bonchev–Trinajstić information content (AvgIpc) is 2.18. The van der Waals surface area contributed by atoms with Crippen LogP contribution in [0.3, 0.4) is 0 Å². The molecule has 0 bridgehead atoms. The molecule has 2 heteroatoms. The van der Waals surface area contributed by atoms with Crippen molar-refractivity contribution in [2.45, 2.75) is 57.7 Å². The molecule has 0 amide bonds. The van der Waals surface area contributed by atoms with Gasteiger partial charge in [0.05, 0.1) is 6.17 Å². The lowest BCUT2D eigenvalue weighted by atomic mass is 9.77. The molecule has 1 saturated carbocycles. The molecular weight excluding hydrogens is 160 g/mol. The third-order valence-electron chi connectivity index (χ3n) is 3.92. The minimum absolute atomic E-state index is 0.351. The Morgan fingerprint density at radius 2 is 1.92 bits per heavy atom. The number of hydrogen-bond donors (Lipinski definition) is 1. The van der Waals surface area contributed by atoms with Gasteiger partial charge in [0.2, 0.25) is 0 Å². The third kappa shape index (κ3) is 1.75. The molecule has 76 valence electrons. The molecule has 0 radical (unpaired) electrons. The van der Waals surface area contributed by atoms with Crippen LogP contribution in [0, 0.1) is 5.92 Å². The molecule has 3 unspecified atom stereocenters. The molecule has 1 aliphatic carbocycles. The fourth-order valence-corrected chi connectivity index (χ4v) is 3.23. The van der Waals surface area contributed by atoms with Gasteiger partial charge in [-0.05, 0) is 38.1 Å². The summed E-state index contributed by atoms with van der Waals surface area (Å²) in [6, 6.07) is 0.822. The number of rotatable bonds is 1. The van der Waals surface area contributed by atoms with Crippen molar-refractivity contribution in [2.75, 3.05) is 6.54 Å². The van der Waals surface area contributed by atoms with Crippen LogP contribution in [0.1, 0.15) is 45.4 Å².